The Bertz CT molecular complexity index is 358. The van der Waals surface area contributed by atoms with Crippen molar-refractivity contribution in [2.24, 2.45) is 0 Å². The Balaban J connectivity index is 2.49. The van der Waals surface area contributed by atoms with E-state index in [0.29, 0.717) is 12.5 Å². The molecular weight excluding hydrogens is 190 g/mol. The van der Waals surface area contributed by atoms with Gasteiger partial charge >= 0.3 is 0 Å². The van der Waals surface area contributed by atoms with Crippen LogP contribution in [0.25, 0.3) is 0 Å². The topological polar surface area (TPSA) is 57.6 Å². The average molecular weight is 203 g/mol. The summed E-state index contributed by atoms with van der Waals surface area (Å²) in [6.07, 6.45) is 3.15. The molecule has 0 spiro atoms. The van der Waals surface area contributed by atoms with Crippen LogP contribution < -0.4 is 0 Å². The van der Waals surface area contributed by atoms with E-state index in [4.69, 9.17) is 4.55 Å². The Morgan fingerprint density at radius 2 is 2.00 bits per heavy atom. The second-order valence-electron chi connectivity index (χ2n) is 3.69. The van der Waals surface area contributed by atoms with Gasteiger partial charge in [0, 0.05) is 18.8 Å². The van der Waals surface area contributed by atoms with Crippen LogP contribution in [0.3, 0.4) is 0 Å². The molecule has 2 aliphatic rings. The van der Waals surface area contributed by atoms with E-state index in [1.807, 2.05) is 11.9 Å². The SMILES string of the molecule is CN1C2=C(S(=O)(=O)O)CC[C@@H]1CC2. The molecule has 1 saturated heterocycles. The van der Waals surface area contributed by atoms with Crippen molar-refractivity contribution in [3.05, 3.63) is 10.6 Å². The van der Waals surface area contributed by atoms with Crippen LogP contribution in [-0.2, 0) is 10.1 Å². The van der Waals surface area contributed by atoms with Crippen molar-refractivity contribution in [3.8, 4) is 0 Å². The van der Waals surface area contributed by atoms with Crippen LogP contribution in [0.2, 0.25) is 0 Å². The summed E-state index contributed by atoms with van der Waals surface area (Å²) in [6, 6.07) is 0.487. The van der Waals surface area contributed by atoms with E-state index in [1.54, 1.807) is 0 Å². The number of nitrogens with zero attached hydrogens (tertiary/aromatic N) is 1. The van der Waals surface area contributed by atoms with E-state index >= 15 is 0 Å². The normalized spacial score (nSPS) is 28.5. The fourth-order valence-electron chi connectivity index (χ4n) is 2.29. The molecule has 4 nitrogen and oxygen atoms in total. The zero-order valence-electron chi connectivity index (χ0n) is 7.52. The predicted octanol–water partition coefficient (Wildman–Crippen LogP) is 0.974. The second-order valence-corrected chi connectivity index (χ2v) is 5.13. The first kappa shape index (κ1) is 9.02. The van der Waals surface area contributed by atoms with E-state index in [1.165, 1.54) is 0 Å². The van der Waals surface area contributed by atoms with Crippen molar-refractivity contribution in [1.29, 1.82) is 0 Å². The molecule has 5 heteroatoms. The van der Waals surface area contributed by atoms with Gasteiger partial charge in [0.15, 0.2) is 0 Å². The van der Waals surface area contributed by atoms with Gasteiger partial charge in [-0.15, -0.1) is 0 Å². The molecular formula is C8H13NO3S. The van der Waals surface area contributed by atoms with E-state index in [0.717, 1.165) is 25.0 Å². The molecule has 1 atom stereocenters. The first-order chi connectivity index (χ1) is 6.00. The van der Waals surface area contributed by atoms with Gasteiger partial charge in [-0.05, 0) is 25.7 Å². The highest BCUT2D eigenvalue weighted by Gasteiger charge is 2.35. The van der Waals surface area contributed by atoms with Crippen LogP contribution in [0.5, 0.6) is 0 Å². The van der Waals surface area contributed by atoms with Crippen molar-refractivity contribution < 1.29 is 13.0 Å². The molecule has 1 fully saturated rings. The van der Waals surface area contributed by atoms with Gasteiger partial charge < -0.3 is 4.90 Å². The quantitative estimate of drug-likeness (QED) is 0.645. The van der Waals surface area contributed by atoms with Crippen molar-refractivity contribution in [1.82, 2.24) is 4.90 Å². The van der Waals surface area contributed by atoms with Crippen LogP contribution in [-0.4, -0.2) is 31.0 Å². The molecule has 1 N–H and O–H groups in total. The average Bonchev–Trinajstić information content (AvgIpc) is 2.31. The first-order valence-electron chi connectivity index (χ1n) is 4.42. The van der Waals surface area contributed by atoms with Crippen LogP contribution in [0, 0.1) is 0 Å². The molecule has 2 bridgehead atoms. The monoisotopic (exact) mass is 203 g/mol. The lowest BCUT2D eigenvalue weighted by Gasteiger charge is -2.29. The zero-order valence-corrected chi connectivity index (χ0v) is 8.34. The molecule has 2 rings (SSSR count). The van der Waals surface area contributed by atoms with Crippen molar-refractivity contribution >= 4 is 10.1 Å². The van der Waals surface area contributed by atoms with Crippen LogP contribution in [0.15, 0.2) is 10.6 Å². The minimum atomic E-state index is -3.96. The van der Waals surface area contributed by atoms with E-state index in [9.17, 15) is 8.42 Å². The molecule has 0 aliphatic carbocycles. The zero-order chi connectivity index (χ0) is 9.64. The molecule has 0 unspecified atom stereocenters. The molecule has 0 saturated carbocycles. The third-order valence-corrected chi connectivity index (χ3v) is 4.09. The number of fused-ring (bicyclic) bond motifs is 2. The maximum atomic E-state index is 11.0. The predicted molar refractivity (Wildman–Crippen MR) is 48.6 cm³/mol. The van der Waals surface area contributed by atoms with Gasteiger partial charge in [0.1, 0.15) is 0 Å². The maximum absolute atomic E-state index is 11.0. The van der Waals surface area contributed by atoms with Gasteiger partial charge in [0.25, 0.3) is 10.1 Å². The summed E-state index contributed by atoms with van der Waals surface area (Å²) >= 11 is 0. The minimum Gasteiger partial charge on any atom is -0.374 e. The third-order valence-electron chi connectivity index (χ3n) is 3.03. The van der Waals surface area contributed by atoms with Gasteiger partial charge in [-0.1, -0.05) is 0 Å². The highest BCUT2D eigenvalue weighted by Crippen LogP contribution is 2.38. The Labute approximate surface area is 78.0 Å². The van der Waals surface area contributed by atoms with Gasteiger partial charge in [0.2, 0.25) is 0 Å². The highest BCUT2D eigenvalue weighted by molar-refractivity contribution is 7.89. The maximum Gasteiger partial charge on any atom is 0.292 e. The van der Waals surface area contributed by atoms with Crippen LogP contribution >= 0.6 is 0 Å². The molecule has 74 valence electrons. The molecule has 13 heavy (non-hydrogen) atoms. The van der Waals surface area contributed by atoms with Gasteiger partial charge in [0.05, 0.1) is 4.91 Å². The summed E-state index contributed by atoms with van der Waals surface area (Å²) in [6.45, 7) is 0. The van der Waals surface area contributed by atoms with Gasteiger partial charge in [-0.25, -0.2) is 0 Å². The summed E-state index contributed by atoms with van der Waals surface area (Å²) in [5, 5.41) is 0. The summed E-state index contributed by atoms with van der Waals surface area (Å²) < 4.78 is 30.9. The third kappa shape index (κ3) is 1.36. The fourth-order valence-corrected chi connectivity index (χ4v) is 3.21. The number of rotatable bonds is 1. The van der Waals surface area contributed by atoms with Gasteiger partial charge in [-0.2, -0.15) is 8.42 Å². The summed E-state index contributed by atoms with van der Waals surface area (Å²) in [5.74, 6) is 0. The van der Waals surface area contributed by atoms with Crippen molar-refractivity contribution in [2.45, 2.75) is 31.7 Å². The molecule has 0 amide bonds. The molecule has 2 heterocycles. The summed E-state index contributed by atoms with van der Waals surface area (Å²) in [5.41, 5.74) is 0.818. The number of allylic oxidation sites excluding steroid dienone is 2. The summed E-state index contributed by atoms with van der Waals surface area (Å²) in [7, 11) is -2.06. The van der Waals surface area contributed by atoms with Crippen LogP contribution in [0.1, 0.15) is 25.7 Å². The minimum absolute atomic E-state index is 0.240. The standard InChI is InChI=1S/C8H13NO3S/c1-9-6-2-4-7(9)8(5-3-6)13(10,11)12/h6H,2-5H2,1H3,(H,10,11,12)/t6-/m0/s1. The van der Waals surface area contributed by atoms with Crippen molar-refractivity contribution in [3.63, 3.8) is 0 Å². The highest BCUT2D eigenvalue weighted by atomic mass is 32.2. The van der Waals surface area contributed by atoms with Gasteiger partial charge in [-0.3, -0.25) is 4.55 Å². The first-order valence-corrected chi connectivity index (χ1v) is 5.86. The summed E-state index contributed by atoms with van der Waals surface area (Å²) in [4.78, 5) is 2.23. The Morgan fingerprint density at radius 1 is 1.38 bits per heavy atom. The molecule has 2 aliphatic heterocycles. The smallest absolute Gasteiger partial charge is 0.292 e. The fraction of sp³-hybridized carbons (Fsp3) is 0.750. The van der Waals surface area contributed by atoms with E-state index < -0.39 is 10.1 Å². The van der Waals surface area contributed by atoms with E-state index in [-0.39, 0.29) is 4.91 Å². The lowest BCUT2D eigenvalue weighted by molar-refractivity contribution is 0.314. The molecule has 0 aromatic rings. The Kier molecular flexibility index (Phi) is 1.89. The second kappa shape index (κ2) is 2.72. The lowest BCUT2D eigenvalue weighted by Crippen LogP contribution is -2.29. The van der Waals surface area contributed by atoms with Crippen LogP contribution in [0.4, 0.5) is 0 Å². The number of hydrogen-bond acceptors (Lipinski definition) is 3. The molecule has 0 aromatic heterocycles. The van der Waals surface area contributed by atoms with Crippen molar-refractivity contribution in [2.75, 3.05) is 7.05 Å². The largest absolute Gasteiger partial charge is 0.374 e. The molecule has 0 radical (unpaired) electrons. The van der Waals surface area contributed by atoms with E-state index in [2.05, 4.69) is 0 Å². The Morgan fingerprint density at radius 3 is 2.62 bits per heavy atom. The molecule has 0 aromatic carbocycles. The Hall–Kier alpha value is -0.550. The number of hydrogen-bond donors (Lipinski definition) is 1. The lowest BCUT2D eigenvalue weighted by atomic mass is 10.1.